The fraction of sp³-hybridized carbons (Fsp3) is 0.708. The summed E-state index contributed by atoms with van der Waals surface area (Å²) < 4.78 is 0. The molecule has 0 bridgehead atoms. The van der Waals surface area contributed by atoms with E-state index in [0.29, 0.717) is 23.7 Å². The summed E-state index contributed by atoms with van der Waals surface area (Å²) in [7, 11) is 0. The monoisotopic (exact) mass is 379 g/mol. The zero-order valence-electron chi connectivity index (χ0n) is 17.6. The molecule has 4 nitrogen and oxygen atoms in total. The number of aryl methyl sites for hydroxylation is 1. The summed E-state index contributed by atoms with van der Waals surface area (Å²) in [6.07, 6.45) is 15.0. The lowest BCUT2D eigenvalue weighted by Gasteiger charge is -2.53. The van der Waals surface area contributed by atoms with Gasteiger partial charge in [0.2, 0.25) is 5.91 Å². The second-order valence-electron chi connectivity index (χ2n) is 9.98. The van der Waals surface area contributed by atoms with E-state index in [1.807, 2.05) is 12.4 Å². The summed E-state index contributed by atoms with van der Waals surface area (Å²) in [5.74, 6) is 2.34. The summed E-state index contributed by atoms with van der Waals surface area (Å²) in [4.78, 5) is 24.5. The molecule has 4 aliphatic rings. The molecule has 1 aromatic heterocycles. The molecule has 1 aromatic rings. The quantitative estimate of drug-likeness (QED) is 0.751. The maximum absolute atomic E-state index is 12.9. The molecular formula is C24H33N3O. The maximum atomic E-state index is 12.9. The molecule has 28 heavy (non-hydrogen) atoms. The van der Waals surface area contributed by atoms with Crippen LogP contribution in [0, 0.1) is 23.2 Å². The van der Waals surface area contributed by atoms with E-state index in [1.165, 1.54) is 31.3 Å². The Bertz CT molecular complexity index is 833. The normalized spacial score (nSPS) is 39.8. The highest BCUT2D eigenvalue weighted by Crippen LogP contribution is 2.63. The molecule has 5 atom stereocenters. The number of rotatable bonds is 2. The van der Waals surface area contributed by atoms with Gasteiger partial charge in [0.1, 0.15) is 0 Å². The van der Waals surface area contributed by atoms with Gasteiger partial charge in [-0.15, -0.1) is 0 Å². The van der Waals surface area contributed by atoms with Crippen molar-refractivity contribution in [2.45, 2.75) is 77.7 Å². The van der Waals surface area contributed by atoms with E-state index in [4.69, 9.17) is 4.98 Å². The second kappa shape index (κ2) is 6.40. The molecule has 3 heterocycles. The van der Waals surface area contributed by atoms with E-state index in [0.717, 1.165) is 43.6 Å². The van der Waals surface area contributed by atoms with Gasteiger partial charge in [-0.2, -0.15) is 0 Å². The molecular weight excluding hydrogens is 346 g/mol. The van der Waals surface area contributed by atoms with E-state index in [9.17, 15) is 4.79 Å². The molecule has 1 amide bonds. The van der Waals surface area contributed by atoms with Crippen LogP contribution in [0.2, 0.25) is 0 Å². The number of hydrogen-bond donors (Lipinski definition) is 0. The molecule has 2 saturated heterocycles. The number of carbonyl (C=O) groups excluding carboxylic acids is 1. The molecule has 0 N–H and O–H groups in total. The predicted octanol–water partition coefficient (Wildman–Crippen LogP) is 4.65. The number of aromatic nitrogens is 2. The summed E-state index contributed by atoms with van der Waals surface area (Å²) in [6, 6.07) is 0. The van der Waals surface area contributed by atoms with Crippen LogP contribution in [0.4, 0.5) is 0 Å². The molecule has 150 valence electrons. The van der Waals surface area contributed by atoms with E-state index in [2.05, 4.69) is 36.7 Å². The van der Waals surface area contributed by atoms with Crippen molar-refractivity contribution in [3.63, 3.8) is 0 Å². The van der Waals surface area contributed by atoms with Crippen molar-refractivity contribution >= 4 is 11.5 Å². The first-order chi connectivity index (χ1) is 13.5. The molecule has 1 unspecified atom stereocenters. The Morgan fingerprint density at radius 3 is 2.86 bits per heavy atom. The summed E-state index contributed by atoms with van der Waals surface area (Å²) in [6.45, 7) is 7.98. The minimum absolute atomic E-state index is 0.0876. The van der Waals surface area contributed by atoms with Crippen molar-refractivity contribution in [1.82, 2.24) is 14.9 Å². The summed E-state index contributed by atoms with van der Waals surface area (Å²) >= 11 is 0. The fourth-order valence-corrected chi connectivity index (χ4v) is 7.34. The van der Waals surface area contributed by atoms with Gasteiger partial charge in [-0.25, -0.2) is 4.98 Å². The molecule has 5 rings (SSSR count). The van der Waals surface area contributed by atoms with Crippen LogP contribution in [-0.4, -0.2) is 32.9 Å². The number of fused-ring (bicyclic) bond motifs is 5. The Labute approximate surface area is 168 Å². The zero-order valence-corrected chi connectivity index (χ0v) is 17.6. The highest BCUT2D eigenvalue weighted by molar-refractivity contribution is 5.78. The molecule has 3 fully saturated rings. The van der Waals surface area contributed by atoms with Crippen molar-refractivity contribution in [3.8, 4) is 0 Å². The Morgan fingerprint density at radius 1 is 1.18 bits per heavy atom. The summed E-state index contributed by atoms with van der Waals surface area (Å²) in [5, 5.41) is 0. The van der Waals surface area contributed by atoms with Gasteiger partial charge in [-0.1, -0.05) is 19.9 Å². The lowest BCUT2D eigenvalue weighted by atomic mass is 9.54. The van der Waals surface area contributed by atoms with E-state index >= 15 is 0 Å². The van der Waals surface area contributed by atoms with Crippen LogP contribution < -0.4 is 0 Å². The smallest absolute Gasteiger partial charge is 0.223 e. The van der Waals surface area contributed by atoms with Gasteiger partial charge in [0.15, 0.2) is 0 Å². The van der Waals surface area contributed by atoms with Gasteiger partial charge < -0.3 is 4.90 Å². The van der Waals surface area contributed by atoms with Crippen molar-refractivity contribution in [1.29, 1.82) is 0 Å². The van der Waals surface area contributed by atoms with Crippen molar-refractivity contribution in [2.75, 3.05) is 6.54 Å². The molecule has 0 radical (unpaired) electrons. The topological polar surface area (TPSA) is 46.1 Å². The maximum Gasteiger partial charge on any atom is 0.223 e. The van der Waals surface area contributed by atoms with Gasteiger partial charge in [0, 0.05) is 24.7 Å². The van der Waals surface area contributed by atoms with Gasteiger partial charge in [0.25, 0.3) is 0 Å². The van der Waals surface area contributed by atoms with Crippen molar-refractivity contribution in [2.24, 2.45) is 23.2 Å². The average molecular weight is 380 g/mol. The number of amides is 1. The first-order valence-electron chi connectivity index (χ1n) is 11.3. The lowest BCUT2D eigenvalue weighted by Crippen LogP contribution is -2.53. The minimum atomic E-state index is 0.0876. The zero-order chi connectivity index (χ0) is 19.5. The SMILES string of the molecule is CCc1cncc(C2=CC[C@H]3[C@@H]4CCC(=O)N5CCC[C@]5(C)C4CC[C@]23C)n1. The molecule has 2 aliphatic carbocycles. The van der Waals surface area contributed by atoms with E-state index in [1.54, 1.807) is 0 Å². The van der Waals surface area contributed by atoms with Crippen LogP contribution >= 0.6 is 0 Å². The van der Waals surface area contributed by atoms with Crippen LogP contribution in [0.1, 0.15) is 77.1 Å². The van der Waals surface area contributed by atoms with Crippen LogP contribution in [-0.2, 0) is 11.2 Å². The van der Waals surface area contributed by atoms with Crippen LogP contribution in [0.15, 0.2) is 18.5 Å². The Kier molecular flexibility index (Phi) is 4.19. The number of allylic oxidation sites excluding steroid dienone is 2. The first-order valence-corrected chi connectivity index (χ1v) is 11.3. The highest BCUT2D eigenvalue weighted by Gasteiger charge is 2.58. The van der Waals surface area contributed by atoms with Gasteiger partial charge in [-0.05, 0) is 80.6 Å². The van der Waals surface area contributed by atoms with Gasteiger partial charge in [-0.3, -0.25) is 9.78 Å². The molecule has 1 saturated carbocycles. The van der Waals surface area contributed by atoms with Crippen LogP contribution in [0.3, 0.4) is 0 Å². The molecule has 4 heteroatoms. The van der Waals surface area contributed by atoms with E-state index < -0.39 is 0 Å². The number of carbonyl (C=O) groups is 1. The number of hydrogen-bond acceptors (Lipinski definition) is 3. The van der Waals surface area contributed by atoms with Gasteiger partial charge in [0.05, 0.1) is 17.6 Å². The Morgan fingerprint density at radius 2 is 2.04 bits per heavy atom. The van der Waals surface area contributed by atoms with Gasteiger partial charge >= 0.3 is 0 Å². The first kappa shape index (κ1) is 18.3. The van der Waals surface area contributed by atoms with Crippen LogP contribution in [0.5, 0.6) is 0 Å². The standard InChI is InChI=1S/C24H33N3O/c1-4-16-14-25-15-21(26-16)20-8-7-18-17-6-9-22(28)27-13-5-11-24(27,3)19(17)10-12-23(18,20)2/h8,14-15,17-19H,4-7,9-13H2,1-3H3/t17-,18-,19?,23-,24+/m0/s1. The largest absolute Gasteiger partial charge is 0.337 e. The minimum Gasteiger partial charge on any atom is -0.337 e. The van der Waals surface area contributed by atoms with Crippen LogP contribution in [0.25, 0.3) is 5.57 Å². The molecule has 0 aromatic carbocycles. The third-order valence-electron chi connectivity index (χ3n) is 8.81. The number of nitrogens with zero attached hydrogens (tertiary/aromatic N) is 3. The van der Waals surface area contributed by atoms with E-state index in [-0.39, 0.29) is 11.0 Å². The van der Waals surface area contributed by atoms with Crippen molar-refractivity contribution in [3.05, 3.63) is 29.9 Å². The second-order valence-corrected chi connectivity index (χ2v) is 9.98. The Hall–Kier alpha value is -1.71. The molecule has 0 spiro atoms. The molecule has 2 aliphatic heterocycles. The lowest BCUT2D eigenvalue weighted by molar-refractivity contribution is -0.135. The summed E-state index contributed by atoms with van der Waals surface area (Å²) in [5.41, 5.74) is 3.84. The highest BCUT2D eigenvalue weighted by atomic mass is 16.2. The van der Waals surface area contributed by atoms with Crippen molar-refractivity contribution < 1.29 is 4.79 Å². The average Bonchev–Trinajstić information content (AvgIpc) is 3.23. The predicted molar refractivity (Wildman–Crippen MR) is 110 cm³/mol. The fourth-order valence-electron chi connectivity index (χ4n) is 7.34. The third kappa shape index (κ3) is 2.45. The third-order valence-corrected chi connectivity index (χ3v) is 8.81. The Balaban J connectivity index is 1.49.